The molecule has 1 atom stereocenters. The second kappa shape index (κ2) is 13.4. The van der Waals surface area contributed by atoms with Crippen molar-refractivity contribution in [3.63, 3.8) is 0 Å². The number of aryl methyl sites for hydroxylation is 1. The Bertz CT molecular complexity index is 1350. The summed E-state index contributed by atoms with van der Waals surface area (Å²) < 4.78 is 28.5. The molecule has 1 N–H and O–H groups in total. The van der Waals surface area contributed by atoms with Gasteiger partial charge in [0, 0.05) is 18.1 Å². The van der Waals surface area contributed by atoms with Crippen LogP contribution in [-0.4, -0.2) is 44.3 Å². The van der Waals surface area contributed by atoms with Crippen LogP contribution in [-0.2, 0) is 26.2 Å². The minimum absolute atomic E-state index is 0.0448. The number of unbranched alkanes of at least 4 members (excludes halogenated alkanes) is 1. The summed E-state index contributed by atoms with van der Waals surface area (Å²) in [6.45, 7) is 5.78. The highest BCUT2D eigenvalue weighted by atomic mass is 35.5. The zero-order chi connectivity index (χ0) is 27.7. The van der Waals surface area contributed by atoms with Crippen molar-refractivity contribution in [1.29, 1.82) is 0 Å². The van der Waals surface area contributed by atoms with Gasteiger partial charge in [-0.25, -0.2) is 8.42 Å². The van der Waals surface area contributed by atoms with E-state index in [1.165, 1.54) is 23.1 Å². The number of halogens is 1. The quantitative estimate of drug-likeness (QED) is 0.312. The minimum atomic E-state index is -4.12. The summed E-state index contributed by atoms with van der Waals surface area (Å²) in [5.41, 5.74) is 2.11. The maximum Gasteiger partial charge on any atom is 0.264 e. The number of nitrogens with zero attached hydrogens (tertiary/aromatic N) is 2. The molecule has 0 unspecified atom stereocenters. The smallest absolute Gasteiger partial charge is 0.264 e. The van der Waals surface area contributed by atoms with Crippen molar-refractivity contribution in [2.45, 2.75) is 51.1 Å². The van der Waals surface area contributed by atoms with Crippen LogP contribution in [0.4, 0.5) is 5.69 Å². The number of hydrogen-bond donors (Lipinski definition) is 1. The third-order valence-corrected chi connectivity index (χ3v) is 8.16. The molecule has 202 valence electrons. The molecule has 3 aromatic carbocycles. The van der Waals surface area contributed by atoms with Crippen LogP contribution < -0.4 is 9.62 Å². The molecule has 0 saturated carbocycles. The molecule has 0 aromatic heterocycles. The van der Waals surface area contributed by atoms with Crippen molar-refractivity contribution >= 4 is 39.1 Å². The number of carbonyl (C=O) groups excluding carboxylic acids is 2. The summed E-state index contributed by atoms with van der Waals surface area (Å²) in [6, 6.07) is 21.1. The Morgan fingerprint density at radius 2 is 1.68 bits per heavy atom. The van der Waals surface area contributed by atoms with Crippen molar-refractivity contribution < 1.29 is 18.0 Å². The maximum absolute atomic E-state index is 13.9. The Kier molecular flexibility index (Phi) is 10.3. The van der Waals surface area contributed by atoms with E-state index >= 15 is 0 Å². The number of benzene rings is 3. The average Bonchev–Trinajstić information content (AvgIpc) is 2.90. The van der Waals surface area contributed by atoms with Crippen LogP contribution in [0.1, 0.15) is 37.8 Å². The SMILES string of the molecule is CCCCNC(=O)[C@@H](C)N(Cc1cccc(C)c1)C(=O)CN(c1cccc(Cl)c1)S(=O)(=O)c1ccccc1. The van der Waals surface area contributed by atoms with Gasteiger partial charge in [0.1, 0.15) is 12.6 Å². The Labute approximate surface area is 230 Å². The van der Waals surface area contributed by atoms with E-state index in [1.54, 1.807) is 43.3 Å². The van der Waals surface area contributed by atoms with Crippen LogP contribution in [0, 0.1) is 6.92 Å². The number of amides is 2. The summed E-state index contributed by atoms with van der Waals surface area (Å²) in [5, 5.41) is 3.22. The van der Waals surface area contributed by atoms with E-state index in [1.807, 2.05) is 38.1 Å². The first-order valence-corrected chi connectivity index (χ1v) is 14.4. The predicted molar refractivity (Wildman–Crippen MR) is 152 cm³/mol. The molecule has 0 saturated heterocycles. The summed E-state index contributed by atoms with van der Waals surface area (Å²) in [5.74, 6) is -0.802. The molecule has 0 spiro atoms. The second-order valence-electron chi connectivity index (χ2n) is 9.14. The van der Waals surface area contributed by atoms with Crippen LogP contribution >= 0.6 is 11.6 Å². The average molecular weight is 556 g/mol. The summed E-state index contributed by atoms with van der Waals surface area (Å²) in [6.07, 6.45) is 1.74. The number of carbonyl (C=O) groups is 2. The molecule has 7 nitrogen and oxygen atoms in total. The zero-order valence-corrected chi connectivity index (χ0v) is 23.5. The normalized spacial score (nSPS) is 12.0. The predicted octanol–water partition coefficient (Wildman–Crippen LogP) is 5.18. The molecule has 0 aliphatic rings. The first-order valence-electron chi connectivity index (χ1n) is 12.6. The van der Waals surface area contributed by atoms with Gasteiger partial charge in [-0.15, -0.1) is 0 Å². The number of hydrogen-bond acceptors (Lipinski definition) is 4. The monoisotopic (exact) mass is 555 g/mol. The summed E-state index contributed by atoms with van der Waals surface area (Å²) >= 11 is 6.19. The number of rotatable bonds is 12. The molecular formula is C29H34ClN3O4S. The van der Waals surface area contributed by atoms with Crippen LogP contribution in [0.5, 0.6) is 0 Å². The molecule has 2 amide bonds. The van der Waals surface area contributed by atoms with Gasteiger partial charge in [-0.3, -0.25) is 13.9 Å². The van der Waals surface area contributed by atoms with Gasteiger partial charge >= 0.3 is 0 Å². The van der Waals surface area contributed by atoms with E-state index in [9.17, 15) is 18.0 Å². The highest BCUT2D eigenvalue weighted by Crippen LogP contribution is 2.26. The first-order chi connectivity index (χ1) is 18.1. The van der Waals surface area contributed by atoms with Gasteiger partial charge in [0.05, 0.1) is 10.6 Å². The molecule has 0 aliphatic carbocycles. The number of nitrogens with one attached hydrogen (secondary N) is 1. The van der Waals surface area contributed by atoms with E-state index in [2.05, 4.69) is 5.32 Å². The van der Waals surface area contributed by atoms with Crippen molar-refractivity contribution in [3.8, 4) is 0 Å². The topological polar surface area (TPSA) is 86.8 Å². The highest BCUT2D eigenvalue weighted by molar-refractivity contribution is 7.92. The highest BCUT2D eigenvalue weighted by Gasteiger charge is 2.32. The lowest BCUT2D eigenvalue weighted by Crippen LogP contribution is -2.51. The molecule has 0 fully saturated rings. The lowest BCUT2D eigenvalue weighted by atomic mass is 10.1. The van der Waals surface area contributed by atoms with Crippen LogP contribution in [0.3, 0.4) is 0 Å². The van der Waals surface area contributed by atoms with Crippen LogP contribution in [0.15, 0.2) is 83.8 Å². The third-order valence-electron chi connectivity index (χ3n) is 6.14. The fourth-order valence-electron chi connectivity index (χ4n) is 4.01. The standard InChI is InChI=1S/C29H34ClN3O4S/c1-4-5-17-31-29(35)23(3)32(20-24-12-9-11-22(2)18-24)28(34)21-33(26-14-10-13-25(30)19-26)38(36,37)27-15-7-6-8-16-27/h6-16,18-19,23H,4-5,17,20-21H2,1-3H3,(H,31,35)/t23-/m1/s1. The minimum Gasteiger partial charge on any atom is -0.354 e. The van der Waals surface area contributed by atoms with Crippen molar-refractivity contribution in [3.05, 3.63) is 95.0 Å². The van der Waals surface area contributed by atoms with Crippen molar-refractivity contribution in [1.82, 2.24) is 10.2 Å². The molecule has 38 heavy (non-hydrogen) atoms. The van der Waals surface area contributed by atoms with Crippen molar-refractivity contribution in [2.75, 3.05) is 17.4 Å². The Balaban J connectivity index is 1.99. The Morgan fingerprint density at radius 3 is 2.34 bits per heavy atom. The van der Waals surface area contributed by atoms with E-state index in [0.717, 1.165) is 28.3 Å². The van der Waals surface area contributed by atoms with E-state index in [0.29, 0.717) is 11.6 Å². The van der Waals surface area contributed by atoms with Gasteiger partial charge in [0.2, 0.25) is 11.8 Å². The molecule has 9 heteroatoms. The molecule has 3 aromatic rings. The van der Waals surface area contributed by atoms with Gasteiger partial charge in [-0.2, -0.15) is 0 Å². The molecule has 0 heterocycles. The zero-order valence-electron chi connectivity index (χ0n) is 21.9. The largest absolute Gasteiger partial charge is 0.354 e. The Hall–Kier alpha value is -3.36. The van der Waals surface area contributed by atoms with Crippen molar-refractivity contribution in [2.24, 2.45) is 0 Å². The van der Waals surface area contributed by atoms with Gasteiger partial charge < -0.3 is 10.2 Å². The molecule has 0 bridgehead atoms. The van der Waals surface area contributed by atoms with Crippen LogP contribution in [0.25, 0.3) is 0 Å². The summed E-state index contributed by atoms with van der Waals surface area (Å²) in [4.78, 5) is 28.3. The molecule has 0 aliphatic heterocycles. The lowest BCUT2D eigenvalue weighted by Gasteiger charge is -2.32. The van der Waals surface area contributed by atoms with Gasteiger partial charge in [0.15, 0.2) is 0 Å². The van der Waals surface area contributed by atoms with Crippen LogP contribution in [0.2, 0.25) is 5.02 Å². The Morgan fingerprint density at radius 1 is 0.974 bits per heavy atom. The van der Waals surface area contributed by atoms with Gasteiger partial charge in [0.25, 0.3) is 10.0 Å². The second-order valence-corrected chi connectivity index (χ2v) is 11.4. The maximum atomic E-state index is 13.9. The van der Waals surface area contributed by atoms with Gasteiger partial charge in [-0.1, -0.05) is 79.0 Å². The number of sulfonamides is 1. The van der Waals surface area contributed by atoms with Gasteiger partial charge in [-0.05, 0) is 56.2 Å². The third kappa shape index (κ3) is 7.58. The van der Waals surface area contributed by atoms with E-state index < -0.39 is 28.5 Å². The van der Waals surface area contributed by atoms with E-state index in [4.69, 9.17) is 11.6 Å². The molecular weight excluding hydrogens is 522 g/mol. The summed E-state index contributed by atoms with van der Waals surface area (Å²) in [7, 11) is -4.12. The fourth-order valence-corrected chi connectivity index (χ4v) is 5.62. The lowest BCUT2D eigenvalue weighted by molar-refractivity contribution is -0.139. The molecule has 0 radical (unpaired) electrons. The first kappa shape index (κ1) is 29.2. The molecule has 3 rings (SSSR count). The van der Waals surface area contributed by atoms with E-state index in [-0.39, 0.29) is 23.0 Å². The number of anilines is 1. The fraction of sp³-hybridized carbons (Fsp3) is 0.310.